The maximum atomic E-state index is 12.4. The second kappa shape index (κ2) is 6.54. The Labute approximate surface area is 139 Å². The molecule has 0 fully saturated rings. The van der Waals surface area contributed by atoms with Crippen molar-refractivity contribution >= 4 is 17.5 Å². The lowest BCUT2D eigenvalue weighted by molar-refractivity contribution is -0.129. The van der Waals surface area contributed by atoms with E-state index in [1.54, 1.807) is 24.3 Å². The highest BCUT2D eigenvalue weighted by Crippen LogP contribution is 2.38. The average Bonchev–Trinajstić information content (AvgIpc) is 2.92. The largest absolute Gasteiger partial charge is 0.486 e. The van der Waals surface area contributed by atoms with Crippen molar-refractivity contribution < 1.29 is 18.7 Å². The van der Waals surface area contributed by atoms with E-state index in [9.17, 15) is 4.79 Å². The van der Waals surface area contributed by atoms with Crippen molar-refractivity contribution in [1.82, 2.24) is 4.90 Å². The maximum absolute atomic E-state index is 12.4. The highest BCUT2D eigenvalue weighted by Gasteiger charge is 2.19. The van der Waals surface area contributed by atoms with Crippen molar-refractivity contribution in [3.8, 4) is 11.5 Å². The van der Waals surface area contributed by atoms with Gasteiger partial charge >= 0.3 is 0 Å². The molecule has 0 aliphatic carbocycles. The molecule has 1 aliphatic heterocycles. The molecule has 2 heterocycles. The van der Waals surface area contributed by atoms with Crippen LogP contribution in [-0.4, -0.2) is 31.1 Å². The minimum Gasteiger partial charge on any atom is -0.486 e. The van der Waals surface area contributed by atoms with E-state index in [1.165, 1.54) is 0 Å². The lowest BCUT2D eigenvalue weighted by Crippen LogP contribution is -2.28. The highest BCUT2D eigenvalue weighted by molar-refractivity contribution is 6.32. The van der Waals surface area contributed by atoms with E-state index < -0.39 is 0 Å². The SMILES string of the molecule is Cc1occc1CN(C)C(=O)Cc1cc(Cl)c2c(c1)OCCO2. The number of hydrogen-bond acceptors (Lipinski definition) is 4. The fourth-order valence-electron chi connectivity index (χ4n) is 2.49. The number of carbonyl (C=O) groups excluding carboxylic acids is 1. The summed E-state index contributed by atoms with van der Waals surface area (Å²) in [7, 11) is 1.77. The molecule has 0 saturated carbocycles. The number of amides is 1. The van der Waals surface area contributed by atoms with Gasteiger partial charge in [-0.3, -0.25) is 4.79 Å². The van der Waals surface area contributed by atoms with Gasteiger partial charge in [0.2, 0.25) is 5.91 Å². The van der Waals surface area contributed by atoms with Crippen molar-refractivity contribution in [3.05, 3.63) is 46.4 Å². The first-order valence-corrected chi connectivity index (χ1v) is 7.77. The van der Waals surface area contributed by atoms with Crippen LogP contribution < -0.4 is 9.47 Å². The second-order valence-corrected chi connectivity index (χ2v) is 5.94. The van der Waals surface area contributed by atoms with Crippen LogP contribution in [0.5, 0.6) is 11.5 Å². The monoisotopic (exact) mass is 335 g/mol. The standard InChI is InChI=1S/C17H18ClNO4/c1-11-13(3-4-21-11)10-19(2)16(20)9-12-7-14(18)17-15(8-12)22-5-6-23-17/h3-4,7-8H,5-6,9-10H2,1-2H3. The molecular weight excluding hydrogens is 318 g/mol. The molecule has 0 unspecified atom stereocenters. The zero-order chi connectivity index (χ0) is 16.4. The molecule has 1 aromatic heterocycles. The van der Waals surface area contributed by atoms with Crippen molar-refractivity contribution in [2.45, 2.75) is 19.9 Å². The molecule has 0 spiro atoms. The van der Waals surface area contributed by atoms with Gasteiger partial charge in [0.05, 0.1) is 17.7 Å². The van der Waals surface area contributed by atoms with E-state index in [-0.39, 0.29) is 12.3 Å². The maximum Gasteiger partial charge on any atom is 0.227 e. The lowest BCUT2D eigenvalue weighted by atomic mass is 10.1. The van der Waals surface area contributed by atoms with Crippen molar-refractivity contribution in [2.75, 3.05) is 20.3 Å². The minimum atomic E-state index is -0.00153. The molecule has 1 amide bonds. The smallest absolute Gasteiger partial charge is 0.227 e. The van der Waals surface area contributed by atoms with Crippen LogP contribution in [0.1, 0.15) is 16.9 Å². The first-order chi connectivity index (χ1) is 11.0. The average molecular weight is 336 g/mol. The van der Waals surface area contributed by atoms with Crippen LogP contribution in [0.3, 0.4) is 0 Å². The fourth-order valence-corrected chi connectivity index (χ4v) is 2.78. The van der Waals surface area contributed by atoms with E-state index in [0.29, 0.717) is 36.3 Å². The van der Waals surface area contributed by atoms with Crippen LogP contribution in [0.2, 0.25) is 5.02 Å². The van der Waals surface area contributed by atoms with Gasteiger partial charge in [-0.1, -0.05) is 11.6 Å². The Morgan fingerprint density at radius 2 is 2.09 bits per heavy atom. The Morgan fingerprint density at radius 1 is 1.30 bits per heavy atom. The Balaban J connectivity index is 1.70. The number of halogens is 1. The number of hydrogen-bond donors (Lipinski definition) is 0. The Morgan fingerprint density at radius 3 is 2.83 bits per heavy atom. The normalized spacial score (nSPS) is 13.0. The van der Waals surface area contributed by atoms with Gasteiger partial charge < -0.3 is 18.8 Å². The van der Waals surface area contributed by atoms with Crippen LogP contribution in [0.15, 0.2) is 28.9 Å². The summed E-state index contributed by atoms with van der Waals surface area (Å²) in [6.45, 7) is 3.37. The first-order valence-electron chi connectivity index (χ1n) is 7.39. The summed E-state index contributed by atoms with van der Waals surface area (Å²) in [5, 5.41) is 0.471. The molecular formula is C17H18ClNO4. The number of likely N-dealkylation sites (N-methyl/N-ethyl adjacent to an activating group) is 1. The molecule has 1 aliphatic rings. The molecule has 0 bridgehead atoms. The number of aryl methyl sites for hydroxylation is 1. The highest BCUT2D eigenvalue weighted by atomic mass is 35.5. The summed E-state index contributed by atoms with van der Waals surface area (Å²) in [6, 6.07) is 5.44. The van der Waals surface area contributed by atoms with Crippen LogP contribution in [0, 0.1) is 6.92 Å². The summed E-state index contributed by atoms with van der Waals surface area (Å²) < 4.78 is 16.3. The fraction of sp³-hybridized carbons (Fsp3) is 0.353. The molecule has 122 valence electrons. The summed E-state index contributed by atoms with van der Waals surface area (Å²) in [6.07, 6.45) is 1.88. The topological polar surface area (TPSA) is 51.9 Å². The molecule has 0 N–H and O–H groups in total. The van der Waals surface area contributed by atoms with Gasteiger partial charge in [0.1, 0.15) is 19.0 Å². The van der Waals surface area contributed by atoms with Gasteiger partial charge in [-0.15, -0.1) is 0 Å². The Hall–Kier alpha value is -2.14. The predicted molar refractivity (Wildman–Crippen MR) is 86.1 cm³/mol. The number of fused-ring (bicyclic) bond motifs is 1. The van der Waals surface area contributed by atoms with E-state index >= 15 is 0 Å². The van der Waals surface area contributed by atoms with Gasteiger partial charge in [-0.05, 0) is 30.7 Å². The molecule has 1 aromatic carbocycles. The van der Waals surface area contributed by atoms with Crippen LogP contribution in [0.4, 0.5) is 0 Å². The molecule has 5 nitrogen and oxygen atoms in total. The Bertz CT molecular complexity index is 725. The summed E-state index contributed by atoms with van der Waals surface area (Å²) in [5.74, 6) is 1.97. The summed E-state index contributed by atoms with van der Waals surface area (Å²) in [5.41, 5.74) is 1.81. The quantitative estimate of drug-likeness (QED) is 0.861. The third kappa shape index (κ3) is 3.45. The van der Waals surface area contributed by atoms with E-state index in [2.05, 4.69) is 0 Å². The molecule has 23 heavy (non-hydrogen) atoms. The third-order valence-corrected chi connectivity index (χ3v) is 4.09. The number of ether oxygens (including phenoxy) is 2. The van der Waals surface area contributed by atoms with E-state index in [4.69, 9.17) is 25.5 Å². The molecule has 0 atom stereocenters. The van der Waals surface area contributed by atoms with Crippen molar-refractivity contribution in [3.63, 3.8) is 0 Å². The van der Waals surface area contributed by atoms with Crippen LogP contribution in [-0.2, 0) is 17.8 Å². The number of furan rings is 1. The van der Waals surface area contributed by atoms with Crippen LogP contribution >= 0.6 is 11.6 Å². The van der Waals surface area contributed by atoms with Gasteiger partial charge in [-0.2, -0.15) is 0 Å². The van der Waals surface area contributed by atoms with Crippen LogP contribution in [0.25, 0.3) is 0 Å². The number of benzene rings is 1. The van der Waals surface area contributed by atoms with Crippen molar-refractivity contribution in [1.29, 1.82) is 0 Å². The minimum absolute atomic E-state index is 0.00153. The summed E-state index contributed by atoms with van der Waals surface area (Å²) in [4.78, 5) is 14.1. The third-order valence-electron chi connectivity index (χ3n) is 3.81. The molecule has 0 radical (unpaired) electrons. The predicted octanol–water partition coefficient (Wildman–Crippen LogP) is 3.21. The molecule has 3 rings (SSSR count). The van der Waals surface area contributed by atoms with Gasteiger partial charge in [0, 0.05) is 19.2 Å². The van der Waals surface area contributed by atoms with Gasteiger partial charge in [0.25, 0.3) is 0 Å². The molecule has 6 heteroatoms. The summed E-state index contributed by atoms with van der Waals surface area (Å²) >= 11 is 6.20. The first kappa shape index (κ1) is 15.7. The number of rotatable bonds is 4. The van der Waals surface area contributed by atoms with E-state index in [0.717, 1.165) is 16.9 Å². The second-order valence-electron chi connectivity index (χ2n) is 5.53. The van der Waals surface area contributed by atoms with Gasteiger partial charge in [0.15, 0.2) is 11.5 Å². The number of carbonyl (C=O) groups is 1. The lowest BCUT2D eigenvalue weighted by Gasteiger charge is -2.21. The van der Waals surface area contributed by atoms with Gasteiger partial charge in [-0.25, -0.2) is 0 Å². The van der Waals surface area contributed by atoms with E-state index in [1.807, 2.05) is 19.1 Å². The van der Waals surface area contributed by atoms with Crippen molar-refractivity contribution in [2.24, 2.45) is 0 Å². The number of nitrogens with zero attached hydrogens (tertiary/aromatic N) is 1. The molecule has 0 saturated heterocycles. The zero-order valence-electron chi connectivity index (χ0n) is 13.1. The Kier molecular flexibility index (Phi) is 4.48. The zero-order valence-corrected chi connectivity index (χ0v) is 13.9. The molecule has 2 aromatic rings.